The zero-order valence-corrected chi connectivity index (χ0v) is 10.7. The fraction of sp³-hybridized carbons (Fsp3) is 0.100. The molecule has 0 saturated carbocycles. The van der Waals surface area contributed by atoms with E-state index in [1.807, 2.05) is 0 Å². The predicted octanol–water partition coefficient (Wildman–Crippen LogP) is 4.85. The van der Waals surface area contributed by atoms with E-state index in [0.717, 1.165) is 0 Å². The van der Waals surface area contributed by atoms with Crippen molar-refractivity contribution in [2.45, 2.75) is 3.79 Å². The minimum atomic E-state index is -1.65. The lowest BCUT2D eigenvalue weighted by Crippen LogP contribution is -2.03. The monoisotopic (exact) mass is 297 g/mol. The molecule has 0 radical (unpaired) electrons. The summed E-state index contributed by atoms with van der Waals surface area (Å²) in [5.74, 6) is -0.391. The summed E-state index contributed by atoms with van der Waals surface area (Å²) in [6.07, 6.45) is 0. The van der Waals surface area contributed by atoms with Crippen molar-refractivity contribution in [2.75, 3.05) is 0 Å². The van der Waals surface area contributed by atoms with Gasteiger partial charge in [-0.2, -0.15) is 0 Å². The second-order valence-electron chi connectivity index (χ2n) is 3.15. The lowest BCUT2D eigenvalue weighted by Gasteiger charge is -2.11. The highest BCUT2D eigenvalue weighted by Crippen LogP contribution is 2.39. The molecule has 0 N–H and O–H groups in total. The largest absolute Gasteiger partial charge is 0.248 e. The number of hydrogen-bond donors (Lipinski definition) is 0. The van der Waals surface area contributed by atoms with Gasteiger partial charge >= 0.3 is 0 Å². The molecular weight excluding hydrogens is 295 g/mol. The second-order valence-corrected chi connectivity index (χ2v) is 5.84. The molecule has 0 aliphatic heterocycles. The Balaban J connectivity index is 2.74. The molecule has 0 aliphatic rings. The molecule has 0 unspecified atom stereocenters. The van der Waals surface area contributed by atoms with Crippen LogP contribution in [0.15, 0.2) is 24.3 Å². The predicted molar refractivity (Wildman–Crippen MR) is 65.9 cm³/mol. The van der Waals surface area contributed by atoms with Crippen LogP contribution >= 0.6 is 46.4 Å². The zero-order valence-electron chi connectivity index (χ0n) is 7.65. The standard InChI is InChI=1S/C10H4Cl4FN/c11-7-4-9(10(12,13)14)16-8-2-1-5(15)3-6(7)8/h1-4H. The highest BCUT2D eigenvalue weighted by Gasteiger charge is 2.25. The van der Waals surface area contributed by atoms with Crippen LogP contribution in [0.25, 0.3) is 10.9 Å². The van der Waals surface area contributed by atoms with Crippen molar-refractivity contribution in [1.82, 2.24) is 4.98 Å². The summed E-state index contributed by atoms with van der Waals surface area (Å²) < 4.78 is 11.3. The summed E-state index contributed by atoms with van der Waals surface area (Å²) in [6, 6.07) is 5.45. The summed E-state index contributed by atoms with van der Waals surface area (Å²) in [6.45, 7) is 0. The average Bonchev–Trinajstić information content (AvgIpc) is 2.17. The smallest absolute Gasteiger partial charge is 0.232 e. The fourth-order valence-electron chi connectivity index (χ4n) is 1.30. The van der Waals surface area contributed by atoms with Crippen LogP contribution in [-0.2, 0) is 3.79 Å². The van der Waals surface area contributed by atoms with Crippen LogP contribution in [0.5, 0.6) is 0 Å². The van der Waals surface area contributed by atoms with Crippen LogP contribution in [0.1, 0.15) is 5.69 Å². The van der Waals surface area contributed by atoms with Gasteiger partial charge in [-0.25, -0.2) is 9.37 Å². The van der Waals surface area contributed by atoms with Gasteiger partial charge in [-0.15, -0.1) is 0 Å². The van der Waals surface area contributed by atoms with Gasteiger partial charge in [0.2, 0.25) is 3.79 Å². The van der Waals surface area contributed by atoms with Gasteiger partial charge in [0.15, 0.2) is 0 Å². The average molecular weight is 299 g/mol. The number of pyridine rings is 1. The van der Waals surface area contributed by atoms with Crippen LogP contribution in [0.3, 0.4) is 0 Å². The minimum Gasteiger partial charge on any atom is -0.248 e. The molecule has 0 spiro atoms. The normalized spacial score (nSPS) is 12.1. The third-order valence-electron chi connectivity index (χ3n) is 2.01. The topological polar surface area (TPSA) is 12.9 Å². The van der Waals surface area contributed by atoms with Crippen LogP contribution in [0.2, 0.25) is 5.02 Å². The molecule has 1 nitrogen and oxygen atoms in total. The SMILES string of the molecule is Fc1ccc2nc(C(Cl)(Cl)Cl)cc(Cl)c2c1. The Hall–Kier alpha value is -0.280. The highest BCUT2D eigenvalue weighted by molar-refractivity contribution is 6.66. The molecule has 0 bridgehead atoms. The van der Waals surface area contributed by atoms with Crippen molar-refractivity contribution in [1.29, 1.82) is 0 Å². The van der Waals surface area contributed by atoms with Crippen molar-refractivity contribution in [3.63, 3.8) is 0 Å². The molecule has 1 aromatic heterocycles. The van der Waals surface area contributed by atoms with E-state index in [1.54, 1.807) is 0 Å². The third kappa shape index (κ3) is 2.35. The molecule has 84 valence electrons. The zero-order chi connectivity index (χ0) is 11.9. The van der Waals surface area contributed by atoms with Crippen LogP contribution in [-0.4, -0.2) is 4.98 Å². The number of benzene rings is 1. The Kier molecular flexibility index (Phi) is 3.19. The van der Waals surface area contributed by atoms with Crippen molar-refractivity contribution in [3.05, 3.63) is 40.8 Å². The molecule has 2 rings (SSSR count). The fourth-order valence-corrected chi connectivity index (χ4v) is 1.85. The van der Waals surface area contributed by atoms with Gasteiger partial charge in [-0.3, -0.25) is 0 Å². The molecule has 0 saturated heterocycles. The van der Waals surface area contributed by atoms with E-state index in [9.17, 15) is 4.39 Å². The van der Waals surface area contributed by atoms with Gasteiger partial charge in [-0.1, -0.05) is 46.4 Å². The highest BCUT2D eigenvalue weighted by atomic mass is 35.6. The molecule has 0 aliphatic carbocycles. The minimum absolute atomic E-state index is 0.210. The molecular formula is C10H4Cl4FN. The van der Waals surface area contributed by atoms with Crippen molar-refractivity contribution in [2.24, 2.45) is 0 Å². The van der Waals surface area contributed by atoms with Gasteiger partial charge in [0, 0.05) is 5.39 Å². The second kappa shape index (κ2) is 4.19. The van der Waals surface area contributed by atoms with Crippen LogP contribution < -0.4 is 0 Å². The molecule has 1 heterocycles. The maximum atomic E-state index is 13.0. The molecule has 6 heteroatoms. The quantitative estimate of drug-likeness (QED) is 0.633. The van der Waals surface area contributed by atoms with Gasteiger partial charge in [0.05, 0.1) is 16.2 Å². The number of rotatable bonds is 0. The summed E-state index contributed by atoms with van der Waals surface area (Å²) in [5.41, 5.74) is 0.692. The van der Waals surface area contributed by atoms with Gasteiger partial charge < -0.3 is 0 Å². The Morgan fingerprint density at radius 3 is 2.44 bits per heavy atom. The first-order valence-corrected chi connectivity index (χ1v) is 5.72. The first kappa shape index (κ1) is 12.2. The Bertz CT molecular complexity index is 550. The first-order valence-electron chi connectivity index (χ1n) is 4.21. The van der Waals surface area contributed by atoms with Gasteiger partial charge in [-0.05, 0) is 24.3 Å². The Morgan fingerprint density at radius 2 is 1.81 bits per heavy atom. The van der Waals surface area contributed by atoms with E-state index in [1.165, 1.54) is 24.3 Å². The van der Waals surface area contributed by atoms with Crippen molar-refractivity contribution < 1.29 is 4.39 Å². The molecule has 0 atom stereocenters. The van der Waals surface area contributed by atoms with Crippen LogP contribution in [0, 0.1) is 5.82 Å². The number of aromatic nitrogens is 1. The van der Waals surface area contributed by atoms with E-state index in [0.29, 0.717) is 15.9 Å². The number of hydrogen-bond acceptors (Lipinski definition) is 1. The lowest BCUT2D eigenvalue weighted by molar-refractivity contribution is 0.629. The number of halogens is 5. The number of alkyl halides is 3. The van der Waals surface area contributed by atoms with Gasteiger partial charge in [0.1, 0.15) is 5.82 Å². The Labute approximate surface area is 111 Å². The van der Waals surface area contributed by atoms with E-state index in [-0.39, 0.29) is 5.69 Å². The van der Waals surface area contributed by atoms with Gasteiger partial charge in [0.25, 0.3) is 0 Å². The maximum absolute atomic E-state index is 13.0. The summed E-state index contributed by atoms with van der Waals surface area (Å²) in [4.78, 5) is 4.10. The molecule has 2 aromatic rings. The third-order valence-corrected chi connectivity index (χ3v) is 2.90. The summed E-state index contributed by atoms with van der Waals surface area (Å²) >= 11 is 23.1. The lowest BCUT2D eigenvalue weighted by atomic mass is 10.2. The molecule has 16 heavy (non-hydrogen) atoms. The first-order chi connectivity index (χ1) is 7.38. The van der Waals surface area contributed by atoms with Crippen molar-refractivity contribution in [3.8, 4) is 0 Å². The summed E-state index contributed by atoms with van der Waals surface area (Å²) in [7, 11) is 0. The summed E-state index contributed by atoms with van der Waals surface area (Å²) in [5, 5.41) is 0.783. The molecule has 0 amide bonds. The number of fused-ring (bicyclic) bond motifs is 1. The van der Waals surface area contributed by atoms with E-state index in [2.05, 4.69) is 4.98 Å². The number of nitrogens with zero attached hydrogens (tertiary/aromatic N) is 1. The molecule has 1 aromatic carbocycles. The van der Waals surface area contributed by atoms with Crippen molar-refractivity contribution >= 4 is 57.3 Å². The Morgan fingerprint density at radius 1 is 1.12 bits per heavy atom. The van der Waals surface area contributed by atoms with E-state index >= 15 is 0 Å². The molecule has 0 fully saturated rings. The van der Waals surface area contributed by atoms with E-state index in [4.69, 9.17) is 46.4 Å². The van der Waals surface area contributed by atoms with Crippen LogP contribution in [0.4, 0.5) is 4.39 Å². The maximum Gasteiger partial charge on any atom is 0.232 e. The van der Waals surface area contributed by atoms with E-state index < -0.39 is 9.61 Å².